The summed E-state index contributed by atoms with van der Waals surface area (Å²) in [5, 5.41) is 17.2. The number of anilines is 1. The number of hydrogen-bond acceptors (Lipinski definition) is 4. The predicted molar refractivity (Wildman–Crippen MR) is 139 cm³/mol. The molecule has 2 heterocycles. The fourth-order valence-electron chi connectivity index (χ4n) is 4.73. The highest BCUT2D eigenvalue weighted by Crippen LogP contribution is 2.34. The van der Waals surface area contributed by atoms with Gasteiger partial charge in [-0.15, -0.1) is 0 Å². The van der Waals surface area contributed by atoms with Crippen LogP contribution in [0.4, 0.5) is 5.82 Å². The maximum absolute atomic E-state index is 13.5. The Morgan fingerprint density at radius 2 is 1.49 bits per heavy atom. The maximum Gasteiger partial charge on any atom is 0.308 e. The van der Waals surface area contributed by atoms with E-state index in [2.05, 4.69) is 10.4 Å². The first kappa shape index (κ1) is 24.0. The van der Waals surface area contributed by atoms with Crippen molar-refractivity contribution in [1.29, 1.82) is 0 Å². The zero-order valence-corrected chi connectivity index (χ0v) is 20.0. The molecule has 5 rings (SSSR count). The molecule has 0 bridgehead atoms. The molecule has 37 heavy (non-hydrogen) atoms. The average Bonchev–Trinajstić information content (AvgIpc) is 3.55. The Labute approximate surface area is 214 Å². The van der Waals surface area contributed by atoms with Gasteiger partial charge >= 0.3 is 5.97 Å². The van der Waals surface area contributed by atoms with Crippen LogP contribution in [0.15, 0.2) is 97.1 Å². The van der Waals surface area contributed by atoms with Crippen molar-refractivity contribution >= 4 is 23.6 Å². The topological polar surface area (TPSA) is 105 Å². The van der Waals surface area contributed by atoms with Crippen molar-refractivity contribution in [2.45, 2.75) is 12.3 Å². The van der Waals surface area contributed by atoms with Crippen LogP contribution < -0.4 is 5.32 Å². The standard InChI is InChI=1S/C29H26N4O4/c34-27(16-20-10-4-1-5-11-20)30-26-17-25(31-33(26)22-14-8-3-9-15-22)28(35)32-18-23(24(19-32)29(36)37)21-12-6-2-7-13-21/h1-15,17,23-24H,16,18-19H2,(H,30,34)(H,36,37)/t23-,24+/m0/s1. The lowest BCUT2D eigenvalue weighted by atomic mass is 9.89. The summed E-state index contributed by atoms with van der Waals surface area (Å²) in [7, 11) is 0. The van der Waals surface area contributed by atoms with E-state index in [1.807, 2.05) is 91.0 Å². The molecule has 1 fully saturated rings. The third-order valence-electron chi connectivity index (χ3n) is 6.56. The van der Waals surface area contributed by atoms with E-state index >= 15 is 0 Å². The molecule has 0 aliphatic carbocycles. The lowest BCUT2D eigenvalue weighted by Gasteiger charge is -2.15. The number of benzene rings is 3. The van der Waals surface area contributed by atoms with Crippen molar-refractivity contribution in [3.8, 4) is 5.69 Å². The van der Waals surface area contributed by atoms with Gasteiger partial charge in [-0.1, -0.05) is 78.9 Å². The summed E-state index contributed by atoms with van der Waals surface area (Å²) < 4.78 is 1.52. The number of nitrogens with one attached hydrogen (secondary N) is 1. The van der Waals surface area contributed by atoms with Gasteiger partial charge in [0.05, 0.1) is 18.0 Å². The van der Waals surface area contributed by atoms with Crippen LogP contribution in [0.3, 0.4) is 0 Å². The van der Waals surface area contributed by atoms with Gasteiger partial charge in [0, 0.05) is 25.1 Å². The monoisotopic (exact) mass is 494 g/mol. The zero-order valence-electron chi connectivity index (χ0n) is 20.0. The first-order valence-electron chi connectivity index (χ1n) is 12.1. The number of carboxylic acids is 1. The first-order chi connectivity index (χ1) is 18.0. The number of likely N-dealkylation sites (tertiary alicyclic amines) is 1. The van der Waals surface area contributed by atoms with Crippen LogP contribution in [0.5, 0.6) is 0 Å². The summed E-state index contributed by atoms with van der Waals surface area (Å²) in [6.45, 7) is 0.356. The Kier molecular flexibility index (Phi) is 6.81. The molecule has 1 saturated heterocycles. The molecule has 0 unspecified atom stereocenters. The normalized spacial score (nSPS) is 16.9. The highest BCUT2D eigenvalue weighted by molar-refractivity contribution is 5.96. The molecule has 8 heteroatoms. The largest absolute Gasteiger partial charge is 0.481 e. The summed E-state index contributed by atoms with van der Waals surface area (Å²) in [4.78, 5) is 39.8. The lowest BCUT2D eigenvalue weighted by Crippen LogP contribution is -2.30. The zero-order chi connectivity index (χ0) is 25.8. The van der Waals surface area contributed by atoms with E-state index in [1.54, 1.807) is 6.07 Å². The number of amides is 2. The number of carbonyl (C=O) groups excluding carboxylic acids is 2. The number of hydrogen-bond donors (Lipinski definition) is 2. The van der Waals surface area contributed by atoms with Gasteiger partial charge in [-0.3, -0.25) is 14.4 Å². The van der Waals surface area contributed by atoms with Crippen LogP contribution in [0, 0.1) is 5.92 Å². The van der Waals surface area contributed by atoms with Crippen molar-refractivity contribution in [3.05, 3.63) is 114 Å². The van der Waals surface area contributed by atoms with Gasteiger partial charge in [0.15, 0.2) is 5.69 Å². The van der Waals surface area contributed by atoms with Crippen molar-refractivity contribution in [3.63, 3.8) is 0 Å². The van der Waals surface area contributed by atoms with Gasteiger partial charge in [0.1, 0.15) is 5.82 Å². The van der Waals surface area contributed by atoms with Crippen molar-refractivity contribution in [1.82, 2.24) is 14.7 Å². The highest BCUT2D eigenvalue weighted by atomic mass is 16.4. The van der Waals surface area contributed by atoms with Crippen molar-refractivity contribution in [2.24, 2.45) is 5.92 Å². The maximum atomic E-state index is 13.5. The van der Waals surface area contributed by atoms with Gasteiger partial charge in [-0.05, 0) is 23.3 Å². The van der Waals surface area contributed by atoms with Crippen LogP contribution >= 0.6 is 0 Å². The molecule has 0 radical (unpaired) electrons. The number of carboxylic acid groups (broad SMARTS) is 1. The predicted octanol–water partition coefficient (Wildman–Crippen LogP) is 3.99. The smallest absolute Gasteiger partial charge is 0.308 e. The van der Waals surface area contributed by atoms with E-state index in [9.17, 15) is 19.5 Å². The summed E-state index contributed by atoms with van der Waals surface area (Å²) in [5.41, 5.74) is 2.57. The molecule has 2 atom stereocenters. The molecule has 4 aromatic rings. The number of para-hydroxylation sites is 1. The van der Waals surface area contributed by atoms with E-state index < -0.39 is 11.9 Å². The van der Waals surface area contributed by atoms with Crippen LogP contribution in [-0.2, 0) is 16.0 Å². The molecule has 186 valence electrons. The molecular weight excluding hydrogens is 468 g/mol. The van der Waals surface area contributed by atoms with E-state index in [0.29, 0.717) is 11.5 Å². The Morgan fingerprint density at radius 1 is 0.865 bits per heavy atom. The fourth-order valence-corrected chi connectivity index (χ4v) is 4.73. The van der Waals surface area contributed by atoms with Gasteiger partial charge in [0.2, 0.25) is 5.91 Å². The van der Waals surface area contributed by atoms with Gasteiger partial charge < -0.3 is 15.3 Å². The molecule has 1 aromatic heterocycles. The Bertz CT molecular complexity index is 1400. The molecule has 2 N–H and O–H groups in total. The third kappa shape index (κ3) is 5.28. The van der Waals surface area contributed by atoms with E-state index in [0.717, 1.165) is 11.1 Å². The Hall–Kier alpha value is -4.72. The first-order valence-corrected chi connectivity index (χ1v) is 12.1. The SMILES string of the molecule is O=C(Cc1ccccc1)Nc1cc(C(=O)N2C[C@@H](C(=O)O)[C@H](c3ccccc3)C2)nn1-c1ccccc1. The van der Waals surface area contributed by atoms with Gasteiger partial charge in [-0.25, -0.2) is 4.68 Å². The number of carbonyl (C=O) groups is 3. The molecule has 0 spiro atoms. The molecule has 3 aromatic carbocycles. The summed E-state index contributed by atoms with van der Waals surface area (Å²) in [6.07, 6.45) is 0.176. The van der Waals surface area contributed by atoms with E-state index in [1.165, 1.54) is 9.58 Å². The van der Waals surface area contributed by atoms with E-state index in [-0.39, 0.29) is 42.9 Å². The Balaban J connectivity index is 1.41. The molecule has 0 saturated carbocycles. The lowest BCUT2D eigenvalue weighted by molar-refractivity contribution is -0.141. The average molecular weight is 495 g/mol. The fraction of sp³-hybridized carbons (Fsp3) is 0.172. The minimum atomic E-state index is -0.937. The van der Waals surface area contributed by atoms with E-state index in [4.69, 9.17) is 0 Å². The van der Waals surface area contributed by atoms with Gasteiger partial charge in [-0.2, -0.15) is 5.10 Å². The van der Waals surface area contributed by atoms with Crippen LogP contribution in [0.2, 0.25) is 0 Å². The number of aliphatic carboxylic acids is 1. The molecular formula is C29H26N4O4. The van der Waals surface area contributed by atoms with Crippen molar-refractivity contribution in [2.75, 3.05) is 18.4 Å². The second-order valence-corrected chi connectivity index (χ2v) is 9.04. The number of aromatic nitrogens is 2. The summed E-state index contributed by atoms with van der Waals surface area (Å²) in [5.74, 6) is -2.22. The molecule has 1 aliphatic rings. The van der Waals surface area contributed by atoms with Crippen LogP contribution in [0.25, 0.3) is 5.69 Å². The minimum Gasteiger partial charge on any atom is -0.481 e. The number of nitrogens with zero attached hydrogens (tertiary/aromatic N) is 3. The van der Waals surface area contributed by atoms with Gasteiger partial charge in [0.25, 0.3) is 5.91 Å². The molecule has 1 aliphatic heterocycles. The van der Waals surface area contributed by atoms with Crippen LogP contribution in [0.1, 0.15) is 27.5 Å². The summed E-state index contributed by atoms with van der Waals surface area (Å²) in [6, 6.07) is 29.5. The third-order valence-corrected chi connectivity index (χ3v) is 6.56. The molecule has 2 amide bonds. The highest BCUT2D eigenvalue weighted by Gasteiger charge is 2.41. The minimum absolute atomic E-state index is 0.0849. The second-order valence-electron chi connectivity index (χ2n) is 9.04. The molecule has 8 nitrogen and oxygen atoms in total. The van der Waals surface area contributed by atoms with Crippen LogP contribution in [-0.4, -0.2) is 50.7 Å². The number of rotatable bonds is 7. The van der Waals surface area contributed by atoms with Crippen molar-refractivity contribution < 1.29 is 19.5 Å². The quantitative estimate of drug-likeness (QED) is 0.404. The summed E-state index contributed by atoms with van der Waals surface area (Å²) >= 11 is 0. The second kappa shape index (κ2) is 10.5. The Morgan fingerprint density at radius 3 is 2.14 bits per heavy atom.